The first kappa shape index (κ1) is 35.6. The summed E-state index contributed by atoms with van der Waals surface area (Å²) in [6, 6.07) is 69.7. The molecule has 0 saturated heterocycles. The van der Waals surface area contributed by atoms with E-state index in [1.807, 2.05) is 30.3 Å². The molecule has 0 unspecified atom stereocenters. The van der Waals surface area contributed by atoms with Crippen molar-refractivity contribution in [1.29, 1.82) is 0 Å². The summed E-state index contributed by atoms with van der Waals surface area (Å²) in [5.74, 6) is 1.66. The summed E-state index contributed by atoms with van der Waals surface area (Å²) >= 11 is 1.77. The normalized spacial score (nSPS) is 11.8. The zero-order chi connectivity index (χ0) is 41.4. The lowest BCUT2D eigenvalue weighted by Gasteiger charge is -2.11. The zero-order valence-electron chi connectivity index (χ0n) is 33.6. The number of furan rings is 2. The molecule has 0 bridgehead atoms. The van der Waals surface area contributed by atoms with Gasteiger partial charge in [-0.25, -0.2) is 15.0 Å². The van der Waals surface area contributed by atoms with E-state index in [0.29, 0.717) is 17.5 Å². The number of para-hydroxylation sites is 2. The minimum Gasteiger partial charge on any atom is -0.456 e. The van der Waals surface area contributed by atoms with Gasteiger partial charge in [0.15, 0.2) is 17.5 Å². The highest BCUT2D eigenvalue weighted by Crippen LogP contribution is 2.46. The van der Waals surface area contributed by atoms with Crippen LogP contribution >= 0.6 is 11.3 Å². The first-order chi connectivity index (χ1) is 31.2. The van der Waals surface area contributed by atoms with Gasteiger partial charge in [-0.15, -0.1) is 11.3 Å². The summed E-state index contributed by atoms with van der Waals surface area (Å²) in [5, 5.41) is 6.56. The monoisotopic (exact) mass is 823 g/mol. The average Bonchev–Trinajstić information content (AvgIpc) is 4.06. The van der Waals surface area contributed by atoms with Crippen molar-refractivity contribution in [3.63, 3.8) is 0 Å². The summed E-state index contributed by atoms with van der Waals surface area (Å²) in [6.07, 6.45) is 0. The van der Waals surface area contributed by atoms with Crippen molar-refractivity contribution in [2.75, 3.05) is 0 Å². The van der Waals surface area contributed by atoms with Crippen molar-refractivity contribution in [1.82, 2.24) is 15.0 Å². The first-order valence-corrected chi connectivity index (χ1v) is 21.8. The van der Waals surface area contributed by atoms with Crippen molar-refractivity contribution < 1.29 is 8.83 Å². The van der Waals surface area contributed by atoms with E-state index in [0.717, 1.165) is 87.5 Å². The van der Waals surface area contributed by atoms with Crippen molar-refractivity contribution in [2.45, 2.75) is 0 Å². The van der Waals surface area contributed by atoms with Crippen molar-refractivity contribution >= 4 is 75.4 Å². The first-order valence-electron chi connectivity index (χ1n) is 21.0. The lowest BCUT2D eigenvalue weighted by molar-refractivity contribution is 0.668. The van der Waals surface area contributed by atoms with Crippen LogP contribution in [0.2, 0.25) is 0 Å². The predicted molar refractivity (Wildman–Crippen MR) is 260 cm³/mol. The number of hydrogen-bond acceptors (Lipinski definition) is 6. The summed E-state index contributed by atoms with van der Waals surface area (Å²) < 4.78 is 15.6. The second kappa shape index (κ2) is 14.2. The van der Waals surface area contributed by atoms with Crippen molar-refractivity contribution in [3.05, 3.63) is 200 Å². The highest BCUT2D eigenvalue weighted by molar-refractivity contribution is 7.26. The van der Waals surface area contributed by atoms with E-state index in [4.69, 9.17) is 23.8 Å². The molecule has 294 valence electrons. The van der Waals surface area contributed by atoms with Gasteiger partial charge in [0.2, 0.25) is 0 Å². The summed E-state index contributed by atoms with van der Waals surface area (Å²) in [6.45, 7) is 0. The number of benzene rings is 9. The Kier molecular flexibility index (Phi) is 8.01. The van der Waals surface area contributed by atoms with Crippen LogP contribution < -0.4 is 0 Å². The van der Waals surface area contributed by atoms with Crippen LogP contribution in [0.4, 0.5) is 0 Å². The molecule has 6 heteroatoms. The second-order valence-electron chi connectivity index (χ2n) is 15.8. The largest absolute Gasteiger partial charge is 0.456 e. The molecule has 0 N–H and O–H groups in total. The van der Waals surface area contributed by atoms with Gasteiger partial charge < -0.3 is 8.83 Å². The van der Waals surface area contributed by atoms with Crippen LogP contribution in [-0.4, -0.2) is 15.0 Å². The van der Waals surface area contributed by atoms with E-state index >= 15 is 0 Å². The fraction of sp³-hybridized carbons (Fsp3) is 0. The van der Waals surface area contributed by atoms with Crippen LogP contribution in [0.5, 0.6) is 0 Å². The molecular formula is C57H33N3O2S. The zero-order valence-corrected chi connectivity index (χ0v) is 34.4. The maximum Gasteiger partial charge on any atom is 0.167 e. The van der Waals surface area contributed by atoms with E-state index in [1.165, 1.54) is 26.6 Å². The van der Waals surface area contributed by atoms with E-state index in [-0.39, 0.29) is 0 Å². The Morgan fingerprint density at radius 2 is 0.889 bits per heavy atom. The molecule has 0 amide bonds. The van der Waals surface area contributed by atoms with Crippen LogP contribution in [0.3, 0.4) is 0 Å². The lowest BCUT2D eigenvalue weighted by atomic mass is 9.92. The minimum atomic E-state index is 0.527. The Labute approximate surface area is 365 Å². The van der Waals surface area contributed by atoms with Crippen LogP contribution in [0.25, 0.3) is 132 Å². The van der Waals surface area contributed by atoms with Crippen LogP contribution in [0.15, 0.2) is 209 Å². The van der Waals surface area contributed by atoms with E-state index < -0.39 is 0 Å². The average molecular weight is 824 g/mol. The topological polar surface area (TPSA) is 65.0 Å². The standard InChI is InChI=1S/C57H33N3O2S/c1-3-15-34(16-4-1)37-19-7-8-20-39(37)42-23-13-29-48-51(42)43-24-11-26-45(53(43)62-48)56-58-55(36-31-32-41-40-21-9-10-28-47(40)61-49(41)33-36)59-57(60-56)46-27-12-25-44-52-38(35-17-5-2-6-18-35)22-14-30-50(52)63-54(44)46/h1-33H. The third kappa shape index (κ3) is 5.73. The molecule has 0 saturated carbocycles. The quantitative estimate of drug-likeness (QED) is 0.167. The Morgan fingerprint density at radius 3 is 1.73 bits per heavy atom. The van der Waals surface area contributed by atoms with Gasteiger partial charge in [-0.3, -0.25) is 0 Å². The molecule has 4 heterocycles. The molecule has 0 aliphatic heterocycles. The summed E-state index contributed by atoms with van der Waals surface area (Å²) in [4.78, 5) is 15.9. The van der Waals surface area contributed by atoms with Gasteiger partial charge in [0.1, 0.15) is 22.3 Å². The number of aromatic nitrogens is 3. The third-order valence-electron chi connectivity index (χ3n) is 12.2. The molecule has 5 nitrogen and oxygen atoms in total. The number of nitrogens with zero attached hydrogens (tertiary/aromatic N) is 3. The van der Waals surface area contributed by atoms with Crippen LogP contribution in [0, 0.1) is 0 Å². The van der Waals surface area contributed by atoms with E-state index in [1.54, 1.807) is 11.3 Å². The summed E-state index contributed by atoms with van der Waals surface area (Å²) in [7, 11) is 0. The van der Waals surface area contributed by atoms with E-state index in [9.17, 15) is 0 Å². The molecule has 13 aromatic rings. The molecule has 63 heavy (non-hydrogen) atoms. The van der Waals surface area contributed by atoms with Gasteiger partial charge in [0.25, 0.3) is 0 Å². The summed E-state index contributed by atoms with van der Waals surface area (Å²) in [5.41, 5.74) is 12.7. The van der Waals surface area contributed by atoms with Gasteiger partial charge in [0.05, 0.1) is 5.56 Å². The fourth-order valence-electron chi connectivity index (χ4n) is 9.33. The number of rotatable bonds is 6. The van der Waals surface area contributed by atoms with Gasteiger partial charge in [-0.05, 0) is 75.8 Å². The molecule has 0 spiro atoms. The molecule has 4 aromatic heterocycles. The fourth-order valence-corrected chi connectivity index (χ4v) is 10.6. The molecule has 0 radical (unpaired) electrons. The van der Waals surface area contributed by atoms with Gasteiger partial charge in [-0.2, -0.15) is 0 Å². The molecule has 0 atom stereocenters. The maximum atomic E-state index is 6.88. The number of hydrogen-bond donors (Lipinski definition) is 0. The van der Waals surface area contributed by atoms with Crippen LogP contribution in [-0.2, 0) is 0 Å². The molecule has 0 aliphatic rings. The van der Waals surface area contributed by atoms with Gasteiger partial charge in [-0.1, -0.05) is 158 Å². The van der Waals surface area contributed by atoms with E-state index in [2.05, 4.69) is 170 Å². The Morgan fingerprint density at radius 1 is 0.317 bits per heavy atom. The van der Waals surface area contributed by atoms with Crippen molar-refractivity contribution in [3.8, 4) is 67.5 Å². The van der Waals surface area contributed by atoms with Crippen LogP contribution in [0.1, 0.15) is 0 Å². The molecular weight excluding hydrogens is 791 g/mol. The molecule has 9 aromatic carbocycles. The minimum absolute atomic E-state index is 0.527. The third-order valence-corrected chi connectivity index (χ3v) is 13.4. The number of fused-ring (bicyclic) bond motifs is 9. The SMILES string of the molecule is c1ccc(-c2ccccc2-c2cccc3oc4c(-c5nc(-c6ccc7c(c6)oc6ccccc67)nc(-c6cccc7c6sc6cccc(-c8ccccc8)c67)n5)cccc4c23)cc1. The number of thiophene rings is 1. The smallest absolute Gasteiger partial charge is 0.167 e. The molecule has 0 aliphatic carbocycles. The Balaban J connectivity index is 1.04. The van der Waals surface area contributed by atoms with Gasteiger partial charge >= 0.3 is 0 Å². The Hall–Kier alpha value is -8.19. The highest BCUT2D eigenvalue weighted by atomic mass is 32.1. The molecule has 0 fully saturated rings. The maximum absolute atomic E-state index is 6.88. The second-order valence-corrected chi connectivity index (χ2v) is 16.9. The highest BCUT2D eigenvalue weighted by Gasteiger charge is 2.23. The van der Waals surface area contributed by atoms with Crippen molar-refractivity contribution in [2.24, 2.45) is 0 Å². The molecule has 13 rings (SSSR count). The van der Waals surface area contributed by atoms with Gasteiger partial charge in [0, 0.05) is 52.8 Å². The lowest BCUT2D eigenvalue weighted by Crippen LogP contribution is -2.00. The Bertz CT molecular complexity index is 3920. The predicted octanol–water partition coefficient (Wildman–Crippen LogP) is 16.0.